The molecular formula is C17H21N3O4S. The minimum atomic E-state index is -3.22. The molecule has 0 aromatic carbocycles. The summed E-state index contributed by atoms with van der Waals surface area (Å²) >= 11 is 0. The van der Waals surface area contributed by atoms with Gasteiger partial charge in [-0.3, -0.25) is 9.78 Å². The third-order valence-corrected chi connectivity index (χ3v) is 7.72. The number of carbonyl (C=O) groups is 1. The van der Waals surface area contributed by atoms with Gasteiger partial charge in [0.15, 0.2) is 15.5 Å². The average molecular weight is 363 g/mol. The Morgan fingerprint density at radius 3 is 2.76 bits per heavy atom. The van der Waals surface area contributed by atoms with E-state index in [-0.39, 0.29) is 30.4 Å². The molecule has 0 spiro atoms. The van der Waals surface area contributed by atoms with Crippen LogP contribution in [0.4, 0.5) is 0 Å². The van der Waals surface area contributed by atoms with Crippen LogP contribution in [0.1, 0.15) is 37.2 Å². The maximum absolute atomic E-state index is 12.8. The van der Waals surface area contributed by atoms with Gasteiger partial charge in [0, 0.05) is 25.5 Å². The third kappa shape index (κ3) is 3.06. The number of rotatable bonds is 4. The summed E-state index contributed by atoms with van der Waals surface area (Å²) in [6.45, 7) is 4.07. The van der Waals surface area contributed by atoms with Crippen molar-refractivity contribution >= 4 is 15.7 Å². The van der Waals surface area contributed by atoms with Crippen LogP contribution in [0.3, 0.4) is 0 Å². The smallest absolute Gasteiger partial charge is 0.275 e. The van der Waals surface area contributed by atoms with E-state index in [9.17, 15) is 13.2 Å². The highest BCUT2D eigenvalue weighted by atomic mass is 32.2. The first-order chi connectivity index (χ1) is 11.9. The summed E-state index contributed by atoms with van der Waals surface area (Å²) in [5.74, 6) is -0.00770. The van der Waals surface area contributed by atoms with Gasteiger partial charge in [0.1, 0.15) is 6.26 Å². The van der Waals surface area contributed by atoms with Crippen LogP contribution in [0.15, 0.2) is 35.2 Å². The van der Waals surface area contributed by atoms with Crippen LogP contribution < -0.4 is 0 Å². The number of carbonyl (C=O) groups excluding carboxylic acids is 1. The summed E-state index contributed by atoms with van der Waals surface area (Å²) in [6, 6.07) is 3.55. The number of amides is 1. The Balaban J connectivity index is 1.84. The van der Waals surface area contributed by atoms with Crippen LogP contribution in [-0.2, 0) is 9.84 Å². The van der Waals surface area contributed by atoms with Crippen molar-refractivity contribution in [2.75, 3.05) is 18.8 Å². The topological polar surface area (TPSA) is 93.4 Å². The van der Waals surface area contributed by atoms with Crippen LogP contribution in [0.5, 0.6) is 0 Å². The van der Waals surface area contributed by atoms with Gasteiger partial charge in [-0.2, -0.15) is 0 Å². The molecule has 1 saturated heterocycles. The summed E-state index contributed by atoms with van der Waals surface area (Å²) in [5, 5.41) is 0. The van der Waals surface area contributed by atoms with E-state index in [1.54, 1.807) is 29.4 Å². The van der Waals surface area contributed by atoms with Gasteiger partial charge in [-0.1, -0.05) is 13.8 Å². The lowest BCUT2D eigenvalue weighted by Gasteiger charge is -2.41. The van der Waals surface area contributed by atoms with E-state index < -0.39 is 14.6 Å². The molecule has 0 N–H and O–H groups in total. The molecule has 3 rings (SSSR count). The van der Waals surface area contributed by atoms with Crippen LogP contribution in [-0.4, -0.2) is 52.8 Å². The molecule has 0 bridgehead atoms. The standard InChI is InChI=1S/C17H21N3O4S/c1-3-17(4-2)12-20(8-9-25(17,22)23)16(21)14-11-24-15(19-14)13-6-5-7-18-10-13/h5-7,10-11H,3-4,8-9,12H2,1-2H3. The van der Waals surface area contributed by atoms with E-state index in [1.807, 2.05) is 13.8 Å². The van der Waals surface area contributed by atoms with Gasteiger partial charge in [0.25, 0.3) is 5.91 Å². The fourth-order valence-corrected chi connectivity index (χ4v) is 5.34. The van der Waals surface area contributed by atoms with Crippen molar-refractivity contribution in [3.8, 4) is 11.5 Å². The van der Waals surface area contributed by atoms with E-state index in [0.717, 1.165) is 0 Å². The number of hydrogen-bond acceptors (Lipinski definition) is 6. The first kappa shape index (κ1) is 17.6. The summed E-state index contributed by atoms with van der Waals surface area (Å²) in [6.07, 6.45) is 5.52. The lowest BCUT2D eigenvalue weighted by Crippen LogP contribution is -2.57. The Morgan fingerprint density at radius 2 is 2.12 bits per heavy atom. The van der Waals surface area contributed by atoms with E-state index >= 15 is 0 Å². The van der Waals surface area contributed by atoms with Crippen molar-refractivity contribution in [2.24, 2.45) is 0 Å². The van der Waals surface area contributed by atoms with Crippen molar-refractivity contribution in [3.05, 3.63) is 36.5 Å². The molecule has 0 atom stereocenters. The van der Waals surface area contributed by atoms with Crippen LogP contribution >= 0.6 is 0 Å². The summed E-state index contributed by atoms with van der Waals surface area (Å²) in [5.41, 5.74) is 0.860. The quantitative estimate of drug-likeness (QED) is 0.826. The van der Waals surface area contributed by atoms with E-state index in [4.69, 9.17) is 4.42 Å². The highest BCUT2D eigenvalue weighted by Crippen LogP contribution is 2.32. The SMILES string of the molecule is CCC1(CC)CN(C(=O)c2coc(-c3cccnc3)n2)CCS1(=O)=O. The normalized spacial score (nSPS) is 18.9. The first-order valence-corrected chi connectivity index (χ1v) is 9.95. The van der Waals surface area contributed by atoms with Gasteiger partial charge in [-0.15, -0.1) is 0 Å². The predicted molar refractivity (Wildman–Crippen MR) is 92.7 cm³/mol. The molecule has 134 valence electrons. The molecule has 0 saturated carbocycles. The Labute approximate surface area is 147 Å². The molecule has 1 aliphatic heterocycles. The zero-order valence-electron chi connectivity index (χ0n) is 14.3. The molecular weight excluding hydrogens is 342 g/mol. The Hall–Kier alpha value is -2.22. The van der Waals surface area contributed by atoms with Gasteiger partial charge < -0.3 is 9.32 Å². The molecule has 7 nitrogen and oxygen atoms in total. The fourth-order valence-electron chi connectivity index (χ4n) is 3.21. The number of hydrogen-bond donors (Lipinski definition) is 0. The molecule has 1 fully saturated rings. The molecule has 0 radical (unpaired) electrons. The van der Waals surface area contributed by atoms with Gasteiger partial charge in [0.05, 0.1) is 16.1 Å². The van der Waals surface area contributed by atoms with Gasteiger partial charge >= 0.3 is 0 Å². The highest BCUT2D eigenvalue weighted by Gasteiger charge is 2.46. The zero-order valence-corrected chi connectivity index (χ0v) is 15.1. The average Bonchev–Trinajstić information content (AvgIpc) is 3.12. The summed E-state index contributed by atoms with van der Waals surface area (Å²) in [7, 11) is -3.22. The second kappa shape index (κ2) is 6.59. The Kier molecular flexibility index (Phi) is 4.64. The number of nitrogens with zero attached hydrogens (tertiary/aromatic N) is 3. The number of aromatic nitrogens is 2. The molecule has 2 aromatic heterocycles. The lowest BCUT2D eigenvalue weighted by molar-refractivity contribution is 0.0727. The van der Waals surface area contributed by atoms with Crippen molar-refractivity contribution in [1.82, 2.24) is 14.9 Å². The van der Waals surface area contributed by atoms with Crippen molar-refractivity contribution in [1.29, 1.82) is 0 Å². The molecule has 25 heavy (non-hydrogen) atoms. The maximum atomic E-state index is 12.8. The molecule has 0 unspecified atom stereocenters. The second-order valence-corrected chi connectivity index (χ2v) is 8.72. The number of sulfone groups is 1. The van der Waals surface area contributed by atoms with E-state index in [0.29, 0.717) is 24.3 Å². The van der Waals surface area contributed by atoms with Crippen LogP contribution in [0.25, 0.3) is 11.5 Å². The molecule has 0 aliphatic carbocycles. The van der Waals surface area contributed by atoms with Crippen LogP contribution in [0, 0.1) is 0 Å². The molecule has 2 aromatic rings. The third-order valence-electron chi connectivity index (χ3n) is 4.98. The summed E-state index contributed by atoms with van der Waals surface area (Å²) in [4.78, 5) is 22.6. The zero-order chi connectivity index (χ0) is 18.1. The maximum Gasteiger partial charge on any atom is 0.275 e. The number of pyridine rings is 1. The highest BCUT2D eigenvalue weighted by molar-refractivity contribution is 7.92. The molecule has 8 heteroatoms. The Bertz CT molecular complexity index is 857. The second-order valence-electron chi connectivity index (χ2n) is 6.22. The molecule has 1 amide bonds. The summed E-state index contributed by atoms with van der Waals surface area (Å²) < 4.78 is 29.5. The monoisotopic (exact) mass is 363 g/mol. The predicted octanol–water partition coefficient (Wildman–Crippen LogP) is 2.17. The minimum Gasteiger partial charge on any atom is -0.444 e. The Morgan fingerprint density at radius 1 is 1.36 bits per heavy atom. The van der Waals surface area contributed by atoms with Crippen LogP contribution in [0.2, 0.25) is 0 Å². The number of oxazole rings is 1. The lowest BCUT2D eigenvalue weighted by atomic mass is 10.0. The van der Waals surface area contributed by atoms with E-state index in [1.165, 1.54) is 6.26 Å². The van der Waals surface area contributed by atoms with Crippen molar-refractivity contribution in [2.45, 2.75) is 31.4 Å². The van der Waals surface area contributed by atoms with E-state index in [2.05, 4.69) is 9.97 Å². The minimum absolute atomic E-state index is 0.0201. The first-order valence-electron chi connectivity index (χ1n) is 8.30. The largest absolute Gasteiger partial charge is 0.444 e. The molecule has 1 aliphatic rings. The van der Waals surface area contributed by atoms with Gasteiger partial charge in [0.2, 0.25) is 5.89 Å². The van der Waals surface area contributed by atoms with Crippen molar-refractivity contribution in [3.63, 3.8) is 0 Å². The van der Waals surface area contributed by atoms with Crippen molar-refractivity contribution < 1.29 is 17.6 Å². The van der Waals surface area contributed by atoms with Gasteiger partial charge in [-0.25, -0.2) is 13.4 Å². The fraction of sp³-hybridized carbons (Fsp3) is 0.471. The molecule has 3 heterocycles. The van der Waals surface area contributed by atoms with Gasteiger partial charge in [-0.05, 0) is 25.0 Å².